The van der Waals surface area contributed by atoms with Crippen LogP contribution < -0.4 is 4.90 Å². The van der Waals surface area contributed by atoms with Crippen LogP contribution in [0.4, 0.5) is 13.2 Å². The number of fused-ring (bicyclic) bond motifs is 1. The minimum Gasteiger partial charge on any atom is -0.390 e. The van der Waals surface area contributed by atoms with E-state index in [1.54, 1.807) is 0 Å². The minimum atomic E-state index is -4.78. The maximum Gasteiger partial charge on any atom is 0.417 e. The summed E-state index contributed by atoms with van der Waals surface area (Å²) in [6, 6.07) is 18.5. The molecule has 2 aliphatic heterocycles. The van der Waals surface area contributed by atoms with E-state index in [-0.39, 0.29) is 37.7 Å². The van der Waals surface area contributed by atoms with Crippen molar-refractivity contribution < 1.29 is 31.6 Å². The topological polar surface area (TPSA) is 62.1 Å². The van der Waals surface area contributed by atoms with Crippen molar-refractivity contribution in [1.29, 1.82) is 0 Å². The largest absolute Gasteiger partial charge is 0.417 e. The number of nitrogens with one attached hydrogen (secondary N) is 1. The fraction of sp³-hybridized carbons (Fsp3) is 0.400. The van der Waals surface area contributed by atoms with Gasteiger partial charge in [-0.15, -0.1) is 0 Å². The normalized spacial score (nSPS) is 24.4. The van der Waals surface area contributed by atoms with Gasteiger partial charge in [0.1, 0.15) is 12.1 Å². The lowest BCUT2D eigenvalue weighted by molar-refractivity contribution is -0.998. The Labute approximate surface area is 227 Å². The molecule has 5 nitrogen and oxygen atoms in total. The number of rotatable bonds is 5. The van der Waals surface area contributed by atoms with Crippen LogP contribution in [0.15, 0.2) is 71.6 Å². The summed E-state index contributed by atoms with van der Waals surface area (Å²) in [4.78, 5) is 0.414. The number of quaternary nitrogens is 1. The molecule has 3 aromatic rings. The Balaban J connectivity index is 1.46. The molecule has 2 heterocycles. The molecule has 39 heavy (non-hydrogen) atoms. The van der Waals surface area contributed by atoms with Crippen molar-refractivity contribution in [2.45, 2.75) is 55.8 Å². The third kappa shape index (κ3) is 5.13. The van der Waals surface area contributed by atoms with E-state index in [1.165, 1.54) is 27.6 Å². The van der Waals surface area contributed by atoms with Crippen LogP contribution in [0.2, 0.25) is 0 Å². The predicted octanol–water partition coefficient (Wildman–Crippen LogP) is 4.19. The summed E-state index contributed by atoms with van der Waals surface area (Å²) in [5.41, 5.74) is 4.50. The van der Waals surface area contributed by atoms with Crippen molar-refractivity contribution in [2.24, 2.45) is 0 Å². The monoisotopic (exact) mass is 559 g/mol. The van der Waals surface area contributed by atoms with Crippen LogP contribution in [0.3, 0.4) is 0 Å². The number of alkyl halides is 3. The van der Waals surface area contributed by atoms with E-state index in [0.29, 0.717) is 6.42 Å². The molecule has 0 aromatic heterocycles. The molecule has 0 spiro atoms. The van der Waals surface area contributed by atoms with Gasteiger partial charge >= 0.3 is 6.18 Å². The van der Waals surface area contributed by atoms with Gasteiger partial charge in [0.15, 0.2) is 0 Å². The number of nitrogens with zero attached hydrogens (tertiary/aromatic N) is 1. The molecule has 0 amide bonds. The average molecular weight is 560 g/mol. The van der Waals surface area contributed by atoms with Crippen molar-refractivity contribution in [3.05, 3.63) is 89.0 Å². The summed E-state index contributed by atoms with van der Waals surface area (Å²) in [5.74, 6) is -0.105. The molecular formula is C30H34F3N2O3S+. The Morgan fingerprint density at radius 2 is 1.69 bits per heavy atom. The van der Waals surface area contributed by atoms with E-state index in [1.807, 2.05) is 18.2 Å². The number of aliphatic hydroxyl groups excluding tert-OH is 1. The summed E-state index contributed by atoms with van der Waals surface area (Å²) < 4.78 is 69.6. The Morgan fingerprint density at radius 1 is 0.974 bits per heavy atom. The smallest absolute Gasteiger partial charge is 0.390 e. The highest BCUT2D eigenvalue weighted by molar-refractivity contribution is 7.89. The van der Waals surface area contributed by atoms with Crippen LogP contribution >= 0.6 is 0 Å². The molecule has 3 aromatic carbocycles. The molecule has 0 bridgehead atoms. The Bertz CT molecular complexity index is 1440. The first-order valence-corrected chi connectivity index (χ1v) is 14.8. The molecule has 2 saturated heterocycles. The predicted molar refractivity (Wildman–Crippen MR) is 144 cm³/mol. The Hall–Kier alpha value is -2.72. The molecule has 2 N–H and O–H groups in total. The zero-order chi connectivity index (χ0) is 27.9. The van der Waals surface area contributed by atoms with Gasteiger partial charge in [0.25, 0.3) is 0 Å². The Morgan fingerprint density at radius 3 is 2.38 bits per heavy atom. The van der Waals surface area contributed by atoms with Gasteiger partial charge in [0, 0.05) is 6.54 Å². The van der Waals surface area contributed by atoms with Crippen LogP contribution in [0, 0.1) is 13.8 Å². The van der Waals surface area contributed by atoms with Gasteiger partial charge in [-0.3, -0.25) is 0 Å². The highest BCUT2D eigenvalue weighted by Crippen LogP contribution is 2.37. The molecule has 1 unspecified atom stereocenters. The van der Waals surface area contributed by atoms with E-state index in [0.717, 1.165) is 46.7 Å². The molecule has 2 fully saturated rings. The summed E-state index contributed by atoms with van der Waals surface area (Å²) in [7, 11) is -4.38. The first-order valence-electron chi connectivity index (χ1n) is 13.3. The van der Waals surface area contributed by atoms with Gasteiger partial charge < -0.3 is 10.0 Å². The van der Waals surface area contributed by atoms with E-state index < -0.39 is 26.7 Å². The lowest BCUT2D eigenvalue weighted by Gasteiger charge is -2.53. The number of hydrogen-bond donors (Lipinski definition) is 2. The zero-order valence-corrected chi connectivity index (χ0v) is 22.9. The van der Waals surface area contributed by atoms with Gasteiger partial charge in [-0.1, -0.05) is 54.6 Å². The number of sulfonamides is 1. The van der Waals surface area contributed by atoms with Crippen LogP contribution in [0.1, 0.15) is 41.0 Å². The first-order chi connectivity index (χ1) is 18.5. The van der Waals surface area contributed by atoms with E-state index in [4.69, 9.17) is 0 Å². The third-order valence-corrected chi connectivity index (χ3v) is 10.5. The Kier molecular flexibility index (Phi) is 7.63. The molecule has 5 rings (SSSR count). The number of halogens is 3. The van der Waals surface area contributed by atoms with Gasteiger partial charge in [0.05, 0.1) is 36.1 Å². The fourth-order valence-electron chi connectivity index (χ4n) is 6.35. The van der Waals surface area contributed by atoms with Crippen LogP contribution in [0.25, 0.3) is 11.1 Å². The second-order valence-electron chi connectivity index (χ2n) is 10.7. The van der Waals surface area contributed by atoms with Gasteiger partial charge in [-0.2, -0.15) is 17.5 Å². The third-order valence-electron chi connectivity index (χ3n) is 8.56. The average Bonchev–Trinajstić information content (AvgIpc) is 2.89. The van der Waals surface area contributed by atoms with Crippen molar-refractivity contribution in [3.63, 3.8) is 0 Å². The van der Waals surface area contributed by atoms with E-state index in [9.17, 15) is 26.7 Å². The van der Waals surface area contributed by atoms with Crippen LogP contribution in [-0.4, -0.2) is 56.2 Å². The summed E-state index contributed by atoms with van der Waals surface area (Å²) in [6.45, 7) is 5.18. The molecule has 2 aliphatic rings. The molecule has 9 heteroatoms. The first kappa shape index (κ1) is 27.8. The summed E-state index contributed by atoms with van der Waals surface area (Å²) in [5, 5.41) is 10.3. The summed E-state index contributed by atoms with van der Waals surface area (Å²) >= 11 is 0. The number of aryl methyl sites for hydroxylation is 1. The minimum absolute atomic E-state index is 0.0428. The van der Waals surface area contributed by atoms with Gasteiger partial charge in [-0.25, -0.2) is 8.42 Å². The zero-order valence-electron chi connectivity index (χ0n) is 22.1. The maximum absolute atomic E-state index is 13.7. The summed E-state index contributed by atoms with van der Waals surface area (Å²) in [6.07, 6.45) is -3.49. The maximum atomic E-state index is 13.7. The highest BCUT2D eigenvalue weighted by atomic mass is 32.2. The van der Waals surface area contributed by atoms with Crippen molar-refractivity contribution >= 4 is 10.0 Å². The SMILES string of the molecule is Cc1cccc(-c2ccc([C@@H]3[C@@H](CO)[NH+]4CCCCN(S(=O)(=O)c5ccccc5C(F)(F)F)C[C@@H]34)cc2)c1C. The second kappa shape index (κ2) is 10.7. The lowest BCUT2D eigenvalue weighted by Crippen LogP contribution is -3.28. The molecule has 0 saturated carbocycles. The quantitative estimate of drug-likeness (QED) is 0.493. The van der Waals surface area contributed by atoms with Crippen LogP contribution in [-0.2, 0) is 16.2 Å². The standard InChI is InChI=1S/C30H33F3N2O3S/c1-20-8-7-9-24(21(20)2)22-12-14-23(15-13-22)29-26-18-34(16-5-6-17-35(26)27(29)19-36)39(37,38)28-11-4-3-10-25(28)30(31,32)33/h3-4,7-15,26-27,29,36H,5-6,16-19H2,1-2H3/p+1/t26-,27+,29-/m0/s1. The molecule has 208 valence electrons. The van der Waals surface area contributed by atoms with E-state index >= 15 is 0 Å². The van der Waals surface area contributed by atoms with Crippen LogP contribution in [0.5, 0.6) is 0 Å². The second-order valence-corrected chi connectivity index (χ2v) is 12.6. The lowest BCUT2D eigenvalue weighted by atomic mass is 9.74. The molecule has 0 aliphatic carbocycles. The number of aliphatic hydroxyl groups is 1. The van der Waals surface area contributed by atoms with Crippen molar-refractivity contribution in [2.75, 3.05) is 26.2 Å². The van der Waals surface area contributed by atoms with Crippen molar-refractivity contribution in [1.82, 2.24) is 4.31 Å². The number of hydrogen-bond acceptors (Lipinski definition) is 3. The molecule has 4 atom stereocenters. The highest BCUT2D eigenvalue weighted by Gasteiger charge is 2.55. The molecule has 0 radical (unpaired) electrons. The number of benzene rings is 3. The molecular weight excluding hydrogens is 525 g/mol. The fourth-order valence-corrected chi connectivity index (χ4v) is 8.07. The van der Waals surface area contributed by atoms with Gasteiger partial charge in [-0.05, 0) is 66.6 Å². The van der Waals surface area contributed by atoms with Gasteiger partial charge in [0.2, 0.25) is 10.0 Å². The van der Waals surface area contributed by atoms with E-state index in [2.05, 4.69) is 38.1 Å². The van der Waals surface area contributed by atoms with Crippen molar-refractivity contribution in [3.8, 4) is 11.1 Å².